The van der Waals surface area contributed by atoms with E-state index in [0.29, 0.717) is 5.11 Å². The molecule has 0 spiro atoms. The molecule has 29 heavy (non-hydrogen) atoms. The topological polar surface area (TPSA) is 20.2 Å². The van der Waals surface area contributed by atoms with E-state index in [4.69, 9.17) is 12.2 Å². The SMILES string of the molecule is CCc1cccc(CC)c1NC(=S)N1CCn2cccc2C1c1ccc(F)cc1. The van der Waals surface area contributed by atoms with Crippen LogP contribution in [-0.4, -0.2) is 21.1 Å². The van der Waals surface area contributed by atoms with Gasteiger partial charge in [-0.05, 0) is 66.0 Å². The van der Waals surface area contributed by atoms with E-state index >= 15 is 0 Å². The molecule has 0 radical (unpaired) electrons. The lowest BCUT2D eigenvalue weighted by molar-refractivity contribution is 0.293. The summed E-state index contributed by atoms with van der Waals surface area (Å²) < 4.78 is 15.8. The number of aromatic nitrogens is 1. The summed E-state index contributed by atoms with van der Waals surface area (Å²) in [5.41, 5.74) is 5.87. The average molecular weight is 408 g/mol. The molecule has 0 saturated carbocycles. The maximum atomic E-state index is 13.5. The molecule has 1 aromatic heterocycles. The molecule has 1 aliphatic rings. The Kier molecular flexibility index (Phi) is 5.67. The van der Waals surface area contributed by atoms with Crippen LogP contribution in [0.4, 0.5) is 10.1 Å². The fourth-order valence-corrected chi connectivity index (χ4v) is 4.48. The fourth-order valence-electron chi connectivity index (χ4n) is 4.18. The van der Waals surface area contributed by atoms with Gasteiger partial charge < -0.3 is 14.8 Å². The van der Waals surface area contributed by atoms with Gasteiger partial charge in [-0.2, -0.15) is 0 Å². The predicted octanol–water partition coefficient (Wildman–Crippen LogP) is 5.55. The summed E-state index contributed by atoms with van der Waals surface area (Å²) in [7, 11) is 0. The van der Waals surface area contributed by atoms with E-state index in [2.05, 4.69) is 65.2 Å². The van der Waals surface area contributed by atoms with Gasteiger partial charge in [0.25, 0.3) is 0 Å². The highest BCUT2D eigenvalue weighted by molar-refractivity contribution is 7.80. The van der Waals surface area contributed by atoms with E-state index < -0.39 is 0 Å². The number of rotatable bonds is 4. The third-order valence-electron chi connectivity index (χ3n) is 5.72. The number of hydrogen-bond donors (Lipinski definition) is 1. The summed E-state index contributed by atoms with van der Waals surface area (Å²) in [5.74, 6) is -0.225. The monoisotopic (exact) mass is 407 g/mol. The van der Waals surface area contributed by atoms with E-state index in [9.17, 15) is 4.39 Å². The zero-order valence-electron chi connectivity index (χ0n) is 16.9. The number of fused-ring (bicyclic) bond motifs is 1. The molecule has 0 saturated heterocycles. The van der Waals surface area contributed by atoms with Gasteiger partial charge in [0, 0.05) is 30.7 Å². The number of nitrogens with one attached hydrogen (secondary N) is 1. The van der Waals surface area contributed by atoms with Gasteiger partial charge in [-0.25, -0.2) is 4.39 Å². The van der Waals surface area contributed by atoms with Crippen LogP contribution in [0.25, 0.3) is 0 Å². The zero-order chi connectivity index (χ0) is 20.4. The van der Waals surface area contributed by atoms with Gasteiger partial charge >= 0.3 is 0 Å². The average Bonchev–Trinajstić information content (AvgIpc) is 3.22. The second-order valence-electron chi connectivity index (χ2n) is 7.36. The lowest BCUT2D eigenvalue weighted by atomic mass is 10.00. The maximum absolute atomic E-state index is 13.5. The van der Waals surface area contributed by atoms with Crippen molar-refractivity contribution in [2.45, 2.75) is 39.3 Å². The third-order valence-corrected chi connectivity index (χ3v) is 6.05. The predicted molar refractivity (Wildman–Crippen MR) is 121 cm³/mol. The van der Waals surface area contributed by atoms with E-state index in [-0.39, 0.29) is 11.9 Å². The lowest BCUT2D eigenvalue weighted by Gasteiger charge is -2.39. The minimum absolute atomic E-state index is 0.0433. The molecule has 3 nitrogen and oxygen atoms in total. The number of benzene rings is 2. The summed E-state index contributed by atoms with van der Waals surface area (Å²) in [6.45, 7) is 6.00. The molecule has 2 aromatic carbocycles. The molecule has 2 heterocycles. The van der Waals surface area contributed by atoms with Crippen molar-refractivity contribution in [2.24, 2.45) is 0 Å². The van der Waals surface area contributed by atoms with Crippen molar-refractivity contribution in [1.82, 2.24) is 9.47 Å². The molecule has 0 amide bonds. The highest BCUT2D eigenvalue weighted by Crippen LogP contribution is 2.33. The number of anilines is 1. The van der Waals surface area contributed by atoms with Crippen LogP contribution >= 0.6 is 12.2 Å². The minimum atomic E-state index is -0.225. The van der Waals surface area contributed by atoms with Gasteiger partial charge in [0.05, 0.1) is 6.04 Å². The largest absolute Gasteiger partial charge is 0.348 e. The number of thiocarbonyl (C=S) groups is 1. The van der Waals surface area contributed by atoms with Crippen LogP contribution in [0.1, 0.15) is 42.3 Å². The molecule has 4 rings (SSSR count). The summed E-state index contributed by atoms with van der Waals surface area (Å²) in [6.07, 6.45) is 3.99. The molecule has 5 heteroatoms. The van der Waals surface area contributed by atoms with Gasteiger partial charge in [-0.1, -0.05) is 44.2 Å². The zero-order valence-corrected chi connectivity index (χ0v) is 17.7. The molecule has 1 N–H and O–H groups in total. The summed E-state index contributed by atoms with van der Waals surface area (Å²) in [4.78, 5) is 2.23. The molecule has 150 valence electrons. The van der Waals surface area contributed by atoms with E-state index in [1.807, 2.05) is 12.1 Å². The molecular formula is C24H26FN3S. The molecule has 0 bridgehead atoms. The molecule has 1 atom stereocenters. The van der Waals surface area contributed by atoms with Crippen LogP contribution < -0.4 is 5.32 Å². The summed E-state index contributed by atoms with van der Waals surface area (Å²) in [6, 6.07) is 17.3. The number of nitrogens with zero attached hydrogens (tertiary/aromatic N) is 2. The van der Waals surface area contributed by atoms with Crippen LogP contribution in [0.5, 0.6) is 0 Å². The first-order valence-electron chi connectivity index (χ1n) is 10.2. The fraction of sp³-hybridized carbons (Fsp3) is 0.292. The summed E-state index contributed by atoms with van der Waals surface area (Å²) >= 11 is 5.91. The van der Waals surface area contributed by atoms with Gasteiger partial charge in [-0.3, -0.25) is 0 Å². The van der Waals surface area contributed by atoms with Crippen molar-refractivity contribution in [3.05, 3.63) is 89.0 Å². The van der Waals surface area contributed by atoms with Crippen LogP contribution in [0.2, 0.25) is 0 Å². The standard InChI is InChI=1S/C24H26FN3S/c1-3-17-7-5-8-18(4-2)22(17)26-24(29)28-16-15-27-14-6-9-21(27)23(28)19-10-12-20(25)13-11-19/h5-14,23H,3-4,15-16H2,1-2H3,(H,26,29). The Hall–Kier alpha value is -2.66. The first-order chi connectivity index (χ1) is 14.1. The molecule has 0 fully saturated rings. The summed E-state index contributed by atoms with van der Waals surface area (Å²) in [5, 5.41) is 4.27. The smallest absolute Gasteiger partial charge is 0.174 e. The van der Waals surface area contributed by atoms with Gasteiger partial charge in [0.2, 0.25) is 0 Å². The highest BCUT2D eigenvalue weighted by atomic mass is 32.1. The second-order valence-corrected chi connectivity index (χ2v) is 7.75. The van der Waals surface area contributed by atoms with Crippen molar-refractivity contribution in [2.75, 3.05) is 11.9 Å². The van der Waals surface area contributed by atoms with Crippen molar-refractivity contribution < 1.29 is 4.39 Å². The molecular weight excluding hydrogens is 381 g/mol. The first-order valence-corrected chi connectivity index (χ1v) is 10.6. The maximum Gasteiger partial charge on any atom is 0.174 e. The van der Waals surface area contributed by atoms with Crippen molar-refractivity contribution in [3.63, 3.8) is 0 Å². The minimum Gasteiger partial charge on any atom is -0.348 e. The Labute approximate surface area is 177 Å². The normalized spacial score (nSPS) is 15.8. The quantitative estimate of drug-likeness (QED) is 0.572. The Bertz CT molecular complexity index is 987. The first kappa shape index (κ1) is 19.6. The van der Waals surface area contributed by atoms with E-state index in [1.54, 1.807) is 0 Å². The van der Waals surface area contributed by atoms with Crippen molar-refractivity contribution in [3.8, 4) is 0 Å². The van der Waals surface area contributed by atoms with Gasteiger partial charge in [-0.15, -0.1) is 0 Å². The molecule has 3 aromatic rings. The van der Waals surface area contributed by atoms with Crippen molar-refractivity contribution >= 4 is 23.0 Å². The van der Waals surface area contributed by atoms with E-state index in [0.717, 1.165) is 37.2 Å². The van der Waals surface area contributed by atoms with Gasteiger partial charge in [0.1, 0.15) is 5.82 Å². The van der Waals surface area contributed by atoms with Crippen molar-refractivity contribution in [1.29, 1.82) is 0 Å². The highest BCUT2D eigenvalue weighted by Gasteiger charge is 2.30. The Morgan fingerprint density at radius 2 is 1.69 bits per heavy atom. The number of halogens is 1. The van der Waals surface area contributed by atoms with Crippen LogP contribution in [0.3, 0.4) is 0 Å². The Morgan fingerprint density at radius 3 is 2.34 bits per heavy atom. The van der Waals surface area contributed by atoms with Crippen LogP contribution in [0.15, 0.2) is 60.8 Å². The van der Waals surface area contributed by atoms with Gasteiger partial charge in [0.15, 0.2) is 5.11 Å². The molecule has 1 aliphatic heterocycles. The van der Waals surface area contributed by atoms with Crippen LogP contribution in [0, 0.1) is 5.82 Å². The number of aryl methyl sites for hydroxylation is 2. The lowest BCUT2D eigenvalue weighted by Crippen LogP contribution is -2.44. The van der Waals surface area contributed by atoms with Crippen LogP contribution in [-0.2, 0) is 19.4 Å². The number of hydrogen-bond acceptors (Lipinski definition) is 1. The Balaban J connectivity index is 1.70. The number of para-hydroxylation sites is 1. The third kappa shape index (κ3) is 3.79. The second kappa shape index (κ2) is 8.37. The molecule has 1 unspecified atom stereocenters. The molecule has 0 aliphatic carbocycles. The Morgan fingerprint density at radius 1 is 1.00 bits per heavy atom. The van der Waals surface area contributed by atoms with E-state index in [1.165, 1.54) is 29.0 Å².